The zero-order chi connectivity index (χ0) is 14.9. The van der Waals surface area contributed by atoms with Gasteiger partial charge in [0.1, 0.15) is 5.69 Å². The van der Waals surface area contributed by atoms with Crippen molar-refractivity contribution >= 4 is 23.7 Å². The number of aromatic nitrogens is 2. The van der Waals surface area contributed by atoms with E-state index in [4.69, 9.17) is 0 Å². The molecule has 0 unspecified atom stereocenters. The Morgan fingerprint density at radius 3 is 2.67 bits per heavy atom. The Labute approximate surface area is 130 Å². The predicted octanol–water partition coefficient (Wildman–Crippen LogP) is 3.59. The highest BCUT2D eigenvalue weighted by Crippen LogP contribution is 2.38. The molecule has 1 fully saturated rings. The first-order valence-electron chi connectivity index (χ1n) is 7.72. The van der Waals surface area contributed by atoms with Gasteiger partial charge in [0.25, 0.3) is 5.56 Å². The van der Waals surface area contributed by atoms with E-state index in [0.717, 1.165) is 23.3 Å². The molecule has 0 saturated heterocycles. The lowest BCUT2D eigenvalue weighted by molar-refractivity contribution is 0.190. The van der Waals surface area contributed by atoms with Gasteiger partial charge in [-0.05, 0) is 43.1 Å². The third-order valence-electron chi connectivity index (χ3n) is 4.76. The van der Waals surface area contributed by atoms with Crippen LogP contribution in [0.15, 0.2) is 29.1 Å². The molecule has 1 heterocycles. The van der Waals surface area contributed by atoms with E-state index in [1.54, 1.807) is 6.92 Å². The molecule has 0 N–H and O–H groups in total. The topological polar surface area (TPSA) is 34.9 Å². The minimum Gasteiger partial charge on any atom is -0.305 e. The molecule has 1 aromatic carbocycles. The SMILES string of the molecule is Cc1nc2ccccc2n(CC2(CS)CCCCC2)c1=O. The quantitative estimate of drug-likeness (QED) is 0.879. The molecule has 3 rings (SSSR count). The molecule has 21 heavy (non-hydrogen) atoms. The first-order chi connectivity index (χ1) is 10.2. The monoisotopic (exact) mass is 302 g/mol. The Hall–Kier alpha value is -1.29. The van der Waals surface area contributed by atoms with Crippen LogP contribution in [-0.4, -0.2) is 15.3 Å². The zero-order valence-corrected chi connectivity index (χ0v) is 13.4. The third kappa shape index (κ3) is 2.73. The molecule has 2 aromatic rings. The van der Waals surface area contributed by atoms with E-state index in [1.807, 2.05) is 28.8 Å². The lowest BCUT2D eigenvalue weighted by Crippen LogP contribution is -2.36. The van der Waals surface area contributed by atoms with Crippen LogP contribution in [0.25, 0.3) is 11.0 Å². The second-order valence-electron chi connectivity index (χ2n) is 6.30. The number of fused-ring (bicyclic) bond motifs is 1. The second-order valence-corrected chi connectivity index (χ2v) is 6.61. The van der Waals surface area contributed by atoms with Crippen LogP contribution in [0.1, 0.15) is 37.8 Å². The maximum absolute atomic E-state index is 12.6. The Balaban J connectivity index is 2.11. The van der Waals surface area contributed by atoms with Crippen LogP contribution in [0.5, 0.6) is 0 Å². The van der Waals surface area contributed by atoms with Crippen molar-refractivity contribution in [2.75, 3.05) is 5.75 Å². The van der Waals surface area contributed by atoms with Crippen molar-refractivity contribution in [2.45, 2.75) is 45.6 Å². The molecule has 1 aromatic heterocycles. The highest BCUT2D eigenvalue weighted by atomic mass is 32.1. The van der Waals surface area contributed by atoms with Crippen LogP contribution in [-0.2, 0) is 6.54 Å². The molecular formula is C17H22N2OS. The first kappa shape index (κ1) is 14.6. The van der Waals surface area contributed by atoms with E-state index in [-0.39, 0.29) is 11.0 Å². The summed E-state index contributed by atoms with van der Waals surface area (Å²) in [6.07, 6.45) is 6.13. The molecule has 0 bridgehead atoms. The number of hydrogen-bond acceptors (Lipinski definition) is 3. The van der Waals surface area contributed by atoms with Crippen molar-refractivity contribution in [1.29, 1.82) is 0 Å². The summed E-state index contributed by atoms with van der Waals surface area (Å²) in [6.45, 7) is 2.57. The lowest BCUT2D eigenvalue weighted by Gasteiger charge is -2.36. The van der Waals surface area contributed by atoms with Gasteiger partial charge >= 0.3 is 0 Å². The highest BCUT2D eigenvalue weighted by molar-refractivity contribution is 7.80. The Bertz CT molecular complexity index is 701. The molecule has 4 heteroatoms. The van der Waals surface area contributed by atoms with Gasteiger partial charge in [-0.1, -0.05) is 31.4 Å². The number of para-hydroxylation sites is 2. The number of rotatable bonds is 3. The van der Waals surface area contributed by atoms with Crippen molar-refractivity contribution in [1.82, 2.24) is 9.55 Å². The summed E-state index contributed by atoms with van der Waals surface area (Å²) in [5.74, 6) is 0.842. The van der Waals surface area contributed by atoms with Gasteiger partial charge in [0, 0.05) is 6.54 Å². The van der Waals surface area contributed by atoms with Crippen molar-refractivity contribution in [3.63, 3.8) is 0 Å². The molecule has 0 atom stereocenters. The van der Waals surface area contributed by atoms with E-state index in [1.165, 1.54) is 32.1 Å². The maximum atomic E-state index is 12.6. The van der Waals surface area contributed by atoms with E-state index < -0.39 is 0 Å². The van der Waals surface area contributed by atoms with Gasteiger partial charge in [-0.2, -0.15) is 12.6 Å². The van der Waals surface area contributed by atoms with Crippen LogP contribution in [0.3, 0.4) is 0 Å². The summed E-state index contributed by atoms with van der Waals surface area (Å²) in [6, 6.07) is 7.92. The van der Waals surface area contributed by atoms with Crippen LogP contribution in [0, 0.1) is 12.3 Å². The van der Waals surface area contributed by atoms with E-state index in [9.17, 15) is 4.79 Å². The molecule has 0 amide bonds. The van der Waals surface area contributed by atoms with E-state index in [0.29, 0.717) is 5.69 Å². The minimum absolute atomic E-state index is 0.0421. The first-order valence-corrected chi connectivity index (χ1v) is 8.36. The number of aryl methyl sites for hydroxylation is 1. The fourth-order valence-electron chi connectivity index (χ4n) is 3.48. The van der Waals surface area contributed by atoms with Crippen molar-refractivity contribution in [3.05, 3.63) is 40.3 Å². The normalized spacial score (nSPS) is 18.0. The maximum Gasteiger partial charge on any atom is 0.272 e. The third-order valence-corrected chi connectivity index (χ3v) is 5.43. The van der Waals surface area contributed by atoms with Gasteiger partial charge in [0.05, 0.1) is 11.0 Å². The number of nitrogens with zero attached hydrogens (tertiary/aromatic N) is 2. The summed E-state index contributed by atoms with van der Waals surface area (Å²) in [5.41, 5.74) is 2.63. The number of hydrogen-bond donors (Lipinski definition) is 1. The van der Waals surface area contributed by atoms with Gasteiger partial charge in [-0.25, -0.2) is 4.98 Å². The molecular weight excluding hydrogens is 280 g/mol. The molecule has 1 saturated carbocycles. The van der Waals surface area contributed by atoms with Gasteiger partial charge in [-0.3, -0.25) is 4.79 Å². The molecule has 1 aliphatic carbocycles. The number of thiol groups is 1. The lowest BCUT2D eigenvalue weighted by atomic mass is 9.75. The van der Waals surface area contributed by atoms with Crippen LogP contribution in [0.4, 0.5) is 0 Å². The number of benzene rings is 1. The van der Waals surface area contributed by atoms with Gasteiger partial charge in [0.15, 0.2) is 0 Å². The summed E-state index contributed by atoms with van der Waals surface area (Å²) in [7, 11) is 0. The van der Waals surface area contributed by atoms with Crippen molar-refractivity contribution in [3.8, 4) is 0 Å². The zero-order valence-electron chi connectivity index (χ0n) is 12.5. The smallest absolute Gasteiger partial charge is 0.272 e. The average Bonchev–Trinajstić information content (AvgIpc) is 2.53. The van der Waals surface area contributed by atoms with Crippen LogP contribution < -0.4 is 5.56 Å². The molecule has 0 radical (unpaired) electrons. The average molecular weight is 302 g/mol. The molecule has 0 aliphatic heterocycles. The summed E-state index contributed by atoms with van der Waals surface area (Å²) < 4.78 is 1.93. The van der Waals surface area contributed by atoms with E-state index >= 15 is 0 Å². The summed E-state index contributed by atoms with van der Waals surface area (Å²) >= 11 is 4.60. The summed E-state index contributed by atoms with van der Waals surface area (Å²) in [5, 5.41) is 0. The Morgan fingerprint density at radius 2 is 1.95 bits per heavy atom. The standard InChI is InChI=1S/C17H22N2OS/c1-13-16(20)19(15-8-4-3-7-14(15)18-13)11-17(12-21)9-5-2-6-10-17/h3-4,7-8,21H,2,5-6,9-12H2,1H3. The molecule has 112 valence electrons. The Kier molecular flexibility index (Phi) is 4.07. The Morgan fingerprint density at radius 1 is 1.24 bits per heavy atom. The van der Waals surface area contributed by atoms with E-state index in [2.05, 4.69) is 17.6 Å². The van der Waals surface area contributed by atoms with Gasteiger partial charge in [-0.15, -0.1) is 0 Å². The van der Waals surface area contributed by atoms with Crippen molar-refractivity contribution in [2.24, 2.45) is 5.41 Å². The van der Waals surface area contributed by atoms with Crippen LogP contribution in [0.2, 0.25) is 0 Å². The molecule has 3 nitrogen and oxygen atoms in total. The van der Waals surface area contributed by atoms with Gasteiger partial charge in [0.2, 0.25) is 0 Å². The highest BCUT2D eigenvalue weighted by Gasteiger charge is 2.32. The molecule has 0 spiro atoms. The summed E-state index contributed by atoms with van der Waals surface area (Å²) in [4.78, 5) is 17.0. The predicted molar refractivity (Wildman–Crippen MR) is 90.1 cm³/mol. The largest absolute Gasteiger partial charge is 0.305 e. The second kappa shape index (κ2) is 5.84. The fraction of sp³-hybridized carbons (Fsp3) is 0.529. The molecule has 1 aliphatic rings. The van der Waals surface area contributed by atoms with Gasteiger partial charge < -0.3 is 4.57 Å². The van der Waals surface area contributed by atoms with Crippen molar-refractivity contribution < 1.29 is 0 Å². The minimum atomic E-state index is 0.0421. The fourth-order valence-corrected chi connectivity index (χ4v) is 3.90. The van der Waals surface area contributed by atoms with Crippen LogP contribution >= 0.6 is 12.6 Å².